The quantitative estimate of drug-likeness (QED) is 0.864. The summed E-state index contributed by atoms with van der Waals surface area (Å²) in [5.74, 6) is 0.507. The number of pyridine rings is 1. The molecule has 0 saturated carbocycles. The van der Waals surface area contributed by atoms with Crippen LogP contribution in [0.1, 0.15) is 17.3 Å². The molecular weight excluding hydrogens is 264 g/mol. The van der Waals surface area contributed by atoms with Crippen LogP contribution in [0.4, 0.5) is 5.82 Å². The Morgan fingerprint density at radius 3 is 2.71 bits per heavy atom. The van der Waals surface area contributed by atoms with Gasteiger partial charge in [0.25, 0.3) is 5.91 Å². The zero-order valence-corrected chi connectivity index (χ0v) is 12.4. The smallest absolute Gasteiger partial charge is 0.256 e. The number of anilines is 1. The minimum absolute atomic E-state index is 0.0404. The van der Waals surface area contributed by atoms with Gasteiger partial charge in [0.15, 0.2) is 0 Å². The fourth-order valence-corrected chi connectivity index (χ4v) is 2.79. The van der Waals surface area contributed by atoms with Crippen LogP contribution < -0.4 is 5.73 Å². The number of nitrogen functional groups attached to an aromatic ring is 1. The van der Waals surface area contributed by atoms with Gasteiger partial charge in [-0.2, -0.15) is 0 Å². The number of benzene rings is 1. The Morgan fingerprint density at radius 1 is 1.29 bits per heavy atom. The van der Waals surface area contributed by atoms with Gasteiger partial charge < -0.3 is 15.5 Å². The van der Waals surface area contributed by atoms with Gasteiger partial charge in [-0.25, -0.2) is 4.98 Å². The lowest BCUT2D eigenvalue weighted by Gasteiger charge is -2.37. The van der Waals surface area contributed by atoms with E-state index in [1.165, 1.54) is 0 Å². The molecule has 3 rings (SSSR count). The normalized spacial score (nSPS) is 19.9. The van der Waals surface area contributed by atoms with E-state index in [-0.39, 0.29) is 5.91 Å². The van der Waals surface area contributed by atoms with E-state index in [2.05, 4.69) is 23.9 Å². The van der Waals surface area contributed by atoms with E-state index in [0.29, 0.717) is 17.4 Å². The van der Waals surface area contributed by atoms with Crippen LogP contribution in [-0.4, -0.2) is 53.4 Å². The summed E-state index contributed by atoms with van der Waals surface area (Å²) < 4.78 is 0. The molecule has 1 aromatic heterocycles. The summed E-state index contributed by atoms with van der Waals surface area (Å²) in [6.45, 7) is 4.53. The van der Waals surface area contributed by atoms with Gasteiger partial charge in [0, 0.05) is 37.3 Å². The minimum Gasteiger partial charge on any atom is -0.383 e. The SMILES string of the molecule is CC1CN(C(=O)c2cnc(N)c3ccccc23)CCN1C. The number of likely N-dealkylation sites (N-methyl/N-ethyl adjacent to an activating group) is 1. The summed E-state index contributed by atoms with van der Waals surface area (Å²) >= 11 is 0. The van der Waals surface area contributed by atoms with Gasteiger partial charge in [0.2, 0.25) is 0 Å². The Balaban J connectivity index is 1.97. The molecule has 5 heteroatoms. The lowest BCUT2D eigenvalue weighted by molar-refractivity contribution is 0.0574. The van der Waals surface area contributed by atoms with E-state index >= 15 is 0 Å². The van der Waals surface area contributed by atoms with Crippen LogP contribution in [-0.2, 0) is 0 Å². The highest BCUT2D eigenvalue weighted by Gasteiger charge is 2.26. The van der Waals surface area contributed by atoms with E-state index < -0.39 is 0 Å². The van der Waals surface area contributed by atoms with E-state index in [1.807, 2.05) is 29.2 Å². The first kappa shape index (κ1) is 13.8. The average molecular weight is 284 g/mol. The monoisotopic (exact) mass is 284 g/mol. The van der Waals surface area contributed by atoms with Crippen molar-refractivity contribution in [2.24, 2.45) is 0 Å². The van der Waals surface area contributed by atoms with E-state index in [0.717, 1.165) is 30.4 Å². The number of hydrogen-bond acceptors (Lipinski definition) is 4. The summed E-state index contributed by atoms with van der Waals surface area (Å²) in [5.41, 5.74) is 6.54. The molecular formula is C16H20N4O. The number of carbonyl (C=O) groups excluding carboxylic acids is 1. The topological polar surface area (TPSA) is 62.5 Å². The molecule has 21 heavy (non-hydrogen) atoms. The molecule has 0 aliphatic carbocycles. The van der Waals surface area contributed by atoms with Crippen LogP contribution in [0.3, 0.4) is 0 Å². The lowest BCUT2D eigenvalue weighted by atomic mass is 10.1. The number of piperazine rings is 1. The second-order valence-corrected chi connectivity index (χ2v) is 5.68. The van der Waals surface area contributed by atoms with Gasteiger partial charge in [-0.05, 0) is 19.4 Å². The first-order valence-corrected chi connectivity index (χ1v) is 7.20. The van der Waals surface area contributed by atoms with Crippen molar-refractivity contribution >= 4 is 22.5 Å². The highest BCUT2D eigenvalue weighted by Crippen LogP contribution is 2.24. The van der Waals surface area contributed by atoms with Gasteiger partial charge in [0.1, 0.15) is 5.82 Å². The molecule has 0 spiro atoms. The van der Waals surface area contributed by atoms with E-state index in [9.17, 15) is 4.79 Å². The summed E-state index contributed by atoms with van der Waals surface area (Å²) in [4.78, 5) is 21.2. The van der Waals surface area contributed by atoms with E-state index in [4.69, 9.17) is 5.73 Å². The van der Waals surface area contributed by atoms with Crippen molar-refractivity contribution in [1.82, 2.24) is 14.8 Å². The predicted molar refractivity (Wildman–Crippen MR) is 84.2 cm³/mol. The second-order valence-electron chi connectivity index (χ2n) is 5.68. The maximum atomic E-state index is 12.8. The van der Waals surface area contributed by atoms with Gasteiger partial charge in [-0.1, -0.05) is 24.3 Å². The molecule has 2 heterocycles. The van der Waals surface area contributed by atoms with Crippen molar-refractivity contribution < 1.29 is 4.79 Å². The molecule has 110 valence electrons. The van der Waals surface area contributed by atoms with Gasteiger partial charge in [-0.15, -0.1) is 0 Å². The standard InChI is InChI=1S/C16H20N4O/c1-11-10-20(8-7-19(11)2)16(21)14-9-18-15(17)13-6-4-3-5-12(13)14/h3-6,9,11H,7-8,10H2,1-2H3,(H2,17,18). The number of nitrogens with two attached hydrogens (primary N) is 1. The Hall–Kier alpha value is -2.14. The lowest BCUT2D eigenvalue weighted by Crippen LogP contribution is -2.52. The highest BCUT2D eigenvalue weighted by molar-refractivity contribution is 6.09. The number of hydrogen-bond donors (Lipinski definition) is 1. The van der Waals surface area contributed by atoms with Gasteiger partial charge in [0.05, 0.1) is 5.56 Å². The van der Waals surface area contributed by atoms with Crippen LogP contribution in [0, 0.1) is 0 Å². The molecule has 1 aliphatic heterocycles. The number of carbonyl (C=O) groups is 1. The Bertz CT molecular complexity index is 685. The molecule has 1 aliphatic rings. The van der Waals surface area contributed by atoms with E-state index in [1.54, 1.807) is 6.20 Å². The van der Waals surface area contributed by atoms with Crippen molar-refractivity contribution in [2.45, 2.75) is 13.0 Å². The molecule has 2 N–H and O–H groups in total. The number of nitrogens with zero attached hydrogens (tertiary/aromatic N) is 3. The molecule has 1 unspecified atom stereocenters. The van der Waals surface area contributed by atoms with Crippen molar-refractivity contribution in [2.75, 3.05) is 32.4 Å². The molecule has 1 atom stereocenters. The number of aromatic nitrogens is 1. The zero-order valence-electron chi connectivity index (χ0n) is 12.4. The van der Waals surface area contributed by atoms with Crippen LogP contribution in [0.15, 0.2) is 30.5 Å². The fourth-order valence-electron chi connectivity index (χ4n) is 2.79. The molecule has 2 aromatic rings. The molecule has 1 amide bonds. The summed E-state index contributed by atoms with van der Waals surface area (Å²) in [6.07, 6.45) is 1.60. The summed E-state index contributed by atoms with van der Waals surface area (Å²) in [5, 5.41) is 1.71. The third-order valence-corrected chi connectivity index (χ3v) is 4.30. The minimum atomic E-state index is 0.0404. The predicted octanol–water partition coefficient (Wildman–Crippen LogP) is 1.59. The summed E-state index contributed by atoms with van der Waals surface area (Å²) in [6, 6.07) is 8.04. The molecule has 1 fully saturated rings. The first-order valence-electron chi connectivity index (χ1n) is 7.20. The van der Waals surface area contributed by atoms with Crippen LogP contribution in [0.2, 0.25) is 0 Å². The van der Waals surface area contributed by atoms with Crippen LogP contribution in [0.25, 0.3) is 10.8 Å². The highest BCUT2D eigenvalue weighted by atomic mass is 16.2. The molecule has 0 bridgehead atoms. The second kappa shape index (κ2) is 5.33. The Kier molecular flexibility index (Phi) is 3.51. The van der Waals surface area contributed by atoms with Crippen molar-refractivity contribution in [1.29, 1.82) is 0 Å². The van der Waals surface area contributed by atoms with Crippen LogP contribution in [0.5, 0.6) is 0 Å². The molecule has 5 nitrogen and oxygen atoms in total. The maximum absolute atomic E-state index is 12.8. The van der Waals surface area contributed by atoms with Gasteiger partial charge >= 0.3 is 0 Å². The fraction of sp³-hybridized carbons (Fsp3) is 0.375. The molecule has 1 saturated heterocycles. The third kappa shape index (κ3) is 2.45. The van der Waals surface area contributed by atoms with Crippen molar-refractivity contribution in [3.8, 4) is 0 Å². The number of fused-ring (bicyclic) bond motifs is 1. The summed E-state index contributed by atoms with van der Waals surface area (Å²) in [7, 11) is 2.09. The number of rotatable bonds is 1. The average Bonchev–Trinajstić information content (AvgIpc) is 2.50. The molecule has 0 radical (unpaired) electrons. The Labute approximate surface area is 124 Å². The first-order chi connectivity index (χ1) is 10.1. The van der Waals surface area contributed by atoms with Crippen molar-refractivity contribution in [3.05, 3.63) is 36.0 Å². The Morgan fingerprint density at radius 2 is 2.00 bits per heavy atom. The van der Waals surface area contributed by atoms with Gasteiger partial charge in [-0.3, -0.25) is 4.79 Å². The zero-order chi connectivity index (χ0) is 15.0. The molecule has 1 aromatic carbocycles. The largest absolute Gasteiger partial charge is 0.383 e. The third-order valence-electron chi connectivity index (χ3n) is 4.30. The van der Waals surface area contributed by atoms with Crippen molar-refractivity contribution in [3.63, 3.8) is 0 Å². The maximum Gasteiger partial charge on any atom is 0.256 e. The number of amides is 1. The van der Waals surface area contributed by atoms with Crippen LogP contribution >= 0.6 is 0 Å².